The maximum Gasteiger partial charge on any atom is 0.0550 e. The molecule has 82 valence electrons. The van der Waals surface area contributed by atoms with Crippen LogP contribution in [-0.4, -0.2) is 50.3 Å². The van der Waals surface area contributed by atoms with Gasteiger partial charge in [0.1, 0.15) is 0 Å². The highest BCUT2D eigenvalue weighted by molar-refractivity contribution is 4.75. The molecule has 2 rings (SSSR count). The zero-order valence-electron chi connectivity index (χ0n) is 9.17. The van der Waals surface area contributed by atoms with Crippen LogP contribution in [0.5, 0.6) is 0 Å². The number of nitrogens with one attached hydrogen (secondary N) is 1. The molecular weight excluding hydrogens is 176 g/mol. The van der Waals surface area contributed by atoms with E-state index in [4.69, 9.17) is 4.74 Å². The second kappa shape index (κ2) is 5.10. The predicted molar refractivity (Wildman–Crippen MR) is 57.4 cm³/mol. The highest BCUT2D eigenvalue weighted by Gasteiger charge is 2.22. The summed E-state index contributed by atoms with van der Waals surface area (Å²) in [5.41, 5.74) is 0. The number of nitrogens with zero attached hydrogens (tertiary/aromatic N) is 1. The van der Waals surface area contributed by atoms with Crippen LogP contribution in [0.2, 0.25) is 0 Å². The summed E-state index contributed by atoms with van der Waals surface area (Å²) in [6.07, 6.45) is 3.00. The summed E-state index contributed by atoms with van der Waals surface area (Å²) in [5, 5.41) is 3.39. The quantitative estimate of drug-likeness (QED) is 0.707. The molecule has 2 aliphatic rings. The van der Waals surface area contributed by atoms with Crippen molar-refractivity contribution in [2.75, 3.05) is 39.3 Å². The smallest absolute Gasteiger partial charge is 0.0550 e. The van der Waals surface area contributed by atoms with Crippen molar-refractivity contribution in [1.82, 2.24) is 10.2 Å². The van der Waals surface area contributed by atoms with Gasteiger partial charge < -0.3 is 15.0 Å². The predicted octanol–water partition coefficient (Wildman–Crippen LogP) is 0.707. The number of piperazine rings is 1. The van der Waals surface area contributed by atoms with Crippen molar-refractivity contribution >= 4 is 0 Å². The first-order valence-corrected chi connectivity index (χ1v) is 5.89. The molecule has 2 atom stereocenters. The van der Waals surface area contributed by atoms with Gasteiger partial charge in [-0.05, 0) is 25.7 Å². The van der Waals surface area contributed by atoms with E-state index in [9.17, 15) is 0 Å². The fourth-order valence-corrected chi connectivity index (χ4v) is 2.52. The van der Waals surface area contributed by atoms with E-state index < -0.39 is 0 Å². The average molecular weight is 198 g/mol. The Kier molecular flexibility index (Phi) is 3.79. The summed E-state index contributed by atoms with van der Waals surface area (Å²) in [6, 6.07) is 0. The summed E-state index contributed by atoms with van der Waals surface area (Å²) in [4.78, 5) is 2.60. The van der Waals surface area contributed by atoms with E-state index in [1.165, 1.54) is 45.6 Å². The average Bonchev–Trinajstić information content (AvgIpc) is 2.19. The van der Waals surface area contributed by atoms with E-state index in [0.29, 0.717) is 6.10 Å². The summed E-state index contributed by atoms with van der Waals surface area (Å²) in [7, 11) is 0. The fourth-order valence-electron chi connectivity index (χ4n) is 2.52. The van der Waals surface area contributed by atoms with Gasteiger partial charge in [-0.1, -0.05) is 0 Å². The van der Waals surface area contributed by atoms with Crippen molar-refractivity contribution in [3.63, 3.8) is 0 Å². The Morgan fingerprint density at radius 3 is 2.86 bits per heavy atom. The standard InChI is InChI=1S/C11H22N2O/c1-10-8-11(2-7-14-10)9-13-5-3-12-4-6-13/h10-12H,2-9H2,1H3. The highest BCUT2D eigenvalue weighted by Crippen LogP contribution is 2.20. The zero-order valence-corrected chi connectivity index (χ0v) is 9.17. The van der Waals surface area contributed by atoms with Crippen LogP contribution < -0.4 is 5.32 Å². The Balaban J connectivity index is 1.72. The van der Waals surface area contributed by atoms with Gasteiger partial charge in [-0.25, -0.2) is 0 Å². The Bertz CT molecular complexity index is 169. The van der Waals surface area contributed by atoms with E-state index >= 15 is 0 Å². The summed E-state index contributed by atoms with van der Waals surface area (Å²) in [5.74, 6) is 0.872. The SMILES string of the molecule is CC1CC(CN2CCNCC2)CCO1. The second-order valence-electron chi connectivity index (χ2n) is 4.62. The van der Waals surface area contributed by atoms with Crippen molar-refractivity contribution in [2.45, 2.75) is 25.9 Å². The first-order valence-electron chi connectivity index (χ1n) is 5.89. The monoisotopic (exact) mass is 198 g/mol. The third-order valence-corrected chi connectivity index (χ3v) is 3.32. The molecule has 0 radical (unpaired) electrons. The van der Waals surface area contributed by atoms with Gasteiger partial charge >= 0.3 is 0 Å². The summed E-state index contributed by atoms with van der Waals surface area (Å²) in [6.45, 7) is 9.24. The molecule has 0 aromatic carbocycles. The minimum atomic E-state index is 0.483. The van der Waals surface area contributed by atoms with Crippen LogP contribution in [0.3, 0.4) is 0 Å². The second-order valence-corrected chi connectivity index (χ2v) is 4.62. The van der Waals surface area contributed by atoms with Gasteiger partial charge in [0.2, 0.25) is 0 Å². The van der Waals surface area contributed by atoms with Gasteiger partial charge in [-0.15, -0.1) is 0 Å². The Morgan fingerprint density at radius 1 is 1.36 bits per heavy atom. The number of hydrogen-bond acceptors (Lipinski definition) is 3. The molecule has 1 N–H and O–H groups in total. The van der Waals surface area contributed by atoms with Gasteiger partial charge in [-0.2, -0.15) is 0 Å². The Morgan fingerprint density at radius 2 is 2.14 bits per heavy atom. The lowest BCUT2D eigenvalue weighted by Gasteiger charge is -2.34. The van der Waals surface area contributed by atoms with Crippen LogP contribution in [0.4, 0.5) is 0 Å². The van der Waals surface area contributed by atoms with Crippen LogP contribution in [0.15, 0.2) is 0 Å². The van der Waals surface area contributed by atoms with Crippen molar-refractivity contribution in [3.05, 3.63) is 0 Å². The minimum Gasteiger partial charge on any atom is -0.378 e. The van der Waals surface area contributed by atoms with Crippen molar-refractivity contribution in [1.29, 1.82) is 0 Å². The van der Waals surface area contributed by atoms with Crippen LogP contribution in [-0.2, 0) is 4.74 Å². The van der Waals surface area contributed by atoms with Gasteiger partial charge in [-0.3, -0.25) is 0 Å². The minimum absolute atomic E-state index is 0.483. The molecule has 0 spiro atoms. The molecule has 2 unspecified atom stereocenters. The lowest BCUT2D eigenvalue weighted by Crippen LogP contribution is -2.46. The van der Waals surface area contributed by atoms with Crippen LogP contribution in [0.25, 0.3) is 0 Å². The fraction of sp³-hybridized carbons (Fsp3) is 1.00. The maximum atomic E-state index is 5.57. The van der Waals surface area contributed by atoms with Gasteiger partial charge in [0, 0.05) is 39.3 Å². The van der Waals surface area contributed by atoms with Crippen LogP contribution in [0.1, 0.15) is 19.8 Å². The van der Waals surface area contributed by atoms with Gasteiger partial charge in [0.15, 0.2) is 0 Å². The molecule has 3 heteroatoms. The number of ether oxygens (including phenoxy) is 1. The third kappa shape index (κ3) is 2.94. The van der Waals surface area contributed by atoms with Crippen molar-refractivity contribution in [3.8, 4) is 0 Å². The van der Waals surface area contributed by atoms with E-state index in [0.717, 1.165) is 12.5 Å². The number of rotatable bonds is 2. The first kappa shape index (κ1) is 10.4. The van der Waals surface area contributed by atoms with Crippen LogP contribution in [0, 0.1) is 5.92 Å². The van der Waals surface area contributed by atoms with E-state index in [-0.39, 0.29) is 0 Å². The van der Waals surface area contributed by atoms with E-state index in [1.54, 1.807) is 0 Å². The van der Waals surface area contributed by atoms with E-state index in [1.807, 2.05) is 0 Å². The molecule has 2 saturated heterocycles. The molecule has 0 aromatic rings. The molecule has 0 saturated carbocycles. The third-order valence-electron chi connectivity index (χ3n) is 3.32. The molecule has 2 aliphatic heterocycles. The molecular formula is C11H22N2O. The van der Waals surface area contributed by atoms with Crippen molar-refractivity contribution in [2.24, 2.45) is 5.92 Å². The number of hydrogen-bond donors (Lipinski definition) is 1. The lowest BCUT2D eigenvalue weighted by molar-refractivity contribution is -0.00627. The highest BCUT2D eigenvalue weighted by atomic mass is 16.5. The molecule has 2 fully saturated rings. The maximum absolute atomic E-state index is 5.57. The Hall–Kier alpha value is -0.120. The van der Waals surface area contributed by atoms with E-state index in [2.05, 4.69) is 17.1 Å². The molecule has 0 aromatic heterocycles. The first-order chi connectivity index (χ1) is 6.84. The van der Waals surface area contributed by atoms with Crippen molar-refractivity contribution < 1.29 is 4.74 Å². The molecule has 0 aliphatic carbocycles. The lowest BCUT2D eigenvalue weighted by atomic mass is 9.95. The van der Waals surface area contributed by atoms with Gasteiger partial charge in [0.25, 0.3) is 0 Å². The molecule has 0 bridgehead atoms. The normalized spacial score (nSPS) is 35.8. The molecule has 3 nitrogen and oxygen atoms in total. The molecule has 0 amide bonds. The molecule has 14 heavy (non-hydrogen) atoms. The molecule has 2 heterocycles. The van der Waals surface area contributed by atoms with Gasteiger partial charge in [0.05, 0.1) is 6.10 Å². The topological polar surface area (TPSA) is 24.5 Å². The Labute approximate surface area is 86.8 Å². The zero-order chi connectivity index (χ0) is 9.80. The largest absolute Gasteiger partial charge is 0.378 e. The summed E-state index contributed by atoms with van der Waals surface area (Å²) < 4.78 is 5.57. The van der Waals surface area contributed by atoms with Crippen LogP contribution >= 0.6 is 0 Å². The summed E-state index contributed by atoms with van der Waals surface area (Å²) >= 11 is 0.